The Kier molecular flexibility index (Phi) is 5.98. The molecule has 0 radical (unpaired) electrons. The number of amides is 1. The van der Waals surface area contributed by atoms with Gasteiger partial charge in [-0.25, -0.2) is 4.39 Å². The summed E-state index contributed by atoms with van der Waals surface area (Å²) in [6, 6.07) is 13.1. The van der Waals surface area contributed by atoms with Crippen molar-refractivity contribution >= 4 is 51.6 Å². The van der Waals surface area contributed by atoms with Gasteiger partial charge in [-0.2, -0.15) is 0 Å². The van der Waals surface area contributed by atoms with Crippen LogP contribution in [0.15, 0.2) is 48.5 Å². The first-order chi connectivity index (χ1) is 12.5. The van der Waals surface area contributed by atoms with Crippen molar-refractivity contribution in [2.24, 2.45) is 0 Å². The zero-order valence-corrected chi connectivity index (χ0v) is 15.6. The lowest BCUT2D eigenvalue weighted by Crippen LogP contribution is -2.22. The highest BCUT2D eigenvalue weighted by Gasteiger charge is 2.14. The fourth-order valence-electron chi connectivity index (χ4n) is 2.08. The number of halogens is 3. The number of hydrogen-bond donors (Lipinski definition) is 1. The Hall–Kier alpha value is -2.28. The van der Waals surface area contributed by atoms with E-state index in [1.807, 2.05) is 12.1 Å². The van der Waals surface area contributed by atoms with Crippen molar-refractivity contribution in [1.29, 1.82) is 0 Å². The summed E-state index contributed by atoms with van der Waals surface area (Å²) >= 11 is 13.3. The van der Waals surface area contributed by atoms with Gasteiger partial charge in [-0.3, -0.25) is 4.79 Å². The number of carbonyl (C=O) groups is 1. The van der Waals surface area contributed by atoms with Crippen molar-refractivity contribution in [2.45, 2.75) is 6.54 Å². The maximum absolute atomic E-state index is 12.9. The monoisotopic (exact) mass is 407 g/mol. The molecule has 1 aromatic heterocycles. The van der Waals surface area contributed by atoms with E-state index < -0.39 is 0 Å². The highest BCUT2D eigenvalue weighted by molar-refractivity contribution is 7.15. The number of hydrogen-bond acceptors (Lipinski definition) is 4. The Morgan fingerprint density at radius 3 is 2.62 bits per heavy atom. The van der Waals surface area contributed by atoms with Crippen LogP contribution >= 0.6 is 34.5 Å². The number of carbonyl (C=O) groups excluding carboxylic acids is 1. The van der Waals surface area contributed by atoms with Crippen molar-refractivity contribution in [3.8, 4) is 0 Å². The van der Waals surface area contributed by atoms with Crippen LogP contribution in [0.25, 0.3) is 11.1 Å². The average Bonchev–Trinajstić information content (AvgIpc) is 3.11. The number of rotatable bonds is 5. The molecule has 26 heavy (non-hydrogen) atoms. The van der Waals surface area contributed by atoms with Crippen LogP contribution in [0.4, 0.5) is 4.39 Å². The maximum Gasteiger partial charge on any atom is 0.282 e. The van der Waals surface area contributed by atoms with Gasteiger partial charge < -0.3 is 5.32 Å². The molecule has 0 aliphatic heterocycles. The lowest BCUT2D eigenvalue weighted by molar-refractivity contribution is 0.0950. The van der Waals surface area contributed by atoms with Gasteiger partial charge in [0.15, 0.2) is 5.01 Å². The van der Waals surface area contributed by atoms with E-state index in [-0.39, 0.29) is 23.3 Å². The predicted octanol–water partition coefficient (Wildman–Crippen LogP) is 5.00. The summed E-state index contributed by atoms with van der Waals surface area (Å²) in [4.78, 5) is 12.2. The highest BCUT2D eigenvalue weighted by Crippen LogP contribution is 2.26. The molecule has 0 bridgehead atoms. The molecule has 0 atom stereocenters. The lowest BCUT2D eigenvalue weighted by Gasteiger charge is -2.02. The van der Waals surface area contributed by atoms with Gasteiger partial charge in [0.1, 0.15) is 5.82 Å². The number of nitrogens with zero attached hydrogens (tertiary/aromatic N) is 2. The third kappa shape index (κ3) is 4.88. The standard InChI is InChI=1S/C18H12Cl2FN3OS/c19-13-3-1-2-12(8-13)9-15(20)17-23-24-18(26-17)16(25)22-10-11-4-6-14(21)7-5-11/h1-9H,10H2,(H,22,25)/b15-9-. The Labute approximate surface area is 163 Å². The third-order valence-corrected chi connectivity index (χ3v) is 4.92. The van der Waals surface area contributed by atoms with Crippen LogP contribution in [-0.2, 0) is 6.54 Å². The van der Waals surface area contributed by atoms with Gasteiger partial charge in [0, 0.05) is 11.6 Å². The molecular weight excluding hydrogens is 396 g/mol. The summed E-state index contributed by atoms with van der Waals surface area (Å²) < 4.78 is 12.9. The van der Waals surface area contributed by atoms with Crippen LogP contribution < -0.4 is 5.32 Å². The van der Waals surface area contributed by atoms with E-state index in [1.54, 1.807) is 30.3 Å². The predicted molar refractivity (Wildman–Crippen MR) is 103 cm³/mol. The van der Waals surface area contributed by atoms with Crippen molar-refractivity contribution in [2.75, 3.05) is 0 Å². The number of benzene rings is 2. The van der Waals surface area contributed by atoms with E-state index >= 15 is 0 Å². The van der Waals surface area contributed by atoms with Crippen molar-refractivity contribution in [3.05, 3.63) is 80.5 Å². The molecule has 0 aliphatic carbocycles. The molecular formula is C18H12Cl2FN3OS. The minimum atomic E-state index is -0.370. The maximum atomic E-state index is 12.9. The number of aromatic nitrogens is 2. The Balaban J connectivity index is 1.66. The van der Waals surface area contributed by atoms with Gasteiger partial charge in [0.05, 0.1) is 5.03 Å². The molecule has 132 valence electrons. The number of nitrogens with one attached hydrogen (secondary N) is 1. The smallest absolute Gasteiger partial charge is 0.282 e. The van der Waals surface area contributed by atoms with Gasteiger partial charge in [-0.05, 0) is 41.5 Å². The molecule has 0 fully saturated rings. The Bertz CT molecular complexity index is 957. The quantitative estimate of drug-likeness (QED) is 0.647. The van der Waals surface area contributed by atoms with Gasteiger partial charge in [-0.15, -0.1) is 10.2 Å². The molecule has 1 amide bonds. The lowest BCUT2D eigenvalue weighted by atomic mass is 10.2. The first-order valence-corrected chi connectivity index (χ1v) is 9.08. The highest BCUT2D eigenvalue weighted by atomic mass is 35.5. The third-order valence-electron chi connectivity index (χ3n) is 3.33. The normalized spacial score (nSPS) is 11.4. The van der Waals surface area contributed by atoms with E-state index in [0.717, 1.165) is 22.5 Å². The molecule has 1 N–H and O–H groups in total. The molecule has 0 spiro atoms. The van der Waals surface area contributed by atoms with Gasteiger partial charge in [0.2, 0.25) is 5.01 Å². The Morgan fingerprint density at radius 2 is 1.88 bits per heavy atom. The fraction of sp³-hybridized carbons (Fsp3) is 0.0556. The van der Waals surface area contributed by atoms with Gasteiger partial charge in [-0.1, -0.05) is 58.8 Å². The SMILES string of the molecule is O=C(NCc1ccc(F)cc1)c1nnc(/C(Cl)=C/c2cccc(Cl)c2)s1. The average molecular weight is 408 g/mol. The molecule has 0 saturated heterocycles. The first-order valence-electron chi connectivity index (χ1n) is 7.50. The Morgan fingerprint density at radius 1 is 1.15 bits per heavy atom. The summed E-state index contributed by atoms with van der Waals surface area (Å²) in [6.07, 6.45) is 1.70. The van der Waals surface area contributed by atoms with Gasteiger partial charge >= 0.3 is 0 Å². The molecule has 0 saturated carbocycles. The van der Waals surface area contributed by atoms with Crippen LogP contribution in [0.1, 0.15) is 25.9 Å². The molecule has 1 heterocycles. The van der Waals surface area contributed by atoms with E-state index in [9.17, 15) is 9.18 Å². The van der Waals surface area contributed by atoms with Crippen LogP contribution in [-0.4, -0.2) is 16.1 Å². The molecule has 8 heteroatoms. The van der Waals surface area contributed by atoms with E-state index in [2.05, 4.69) is 15.5 Å². The van der Waals surface area contributed by atoms with Crippen molar-refractivity contribution in [3.63, 3.8) is 0 Å². The molecule has 2 aromatic carbocycles. The molecule has 3 aromatic rings. The zero-order chi connectivity index (χ0) is 18.5. The summed E-state index contributed by atoms with van der Waals surface area (Å²) in [6.45, 7) is 0.264. The van der Waals surface area contributed by atoms with Crippen LogP contribution in [0.2, 0.25) is 5.02 Å². The fourth-order valence-corrected chi connectivity index (χ4v) is 3.22. The first kappa shape index (κ1) is 18.5. The summed E-state index contributed by atoms with van der Waals surface area (Å²) in [5.74, 6) is -0.694. The van der Waals surface area contributed by atoms with Crippen molar-refractivity contribution < 1.29 is 9.18 Å². The van der Waals surface area contributed by atoms with Crippen LogP contribution in [0.5, 0.6) is 0 Å². The van der Waals surface area contributed by atoms with Crippen LogP contribution in [0.3, 0.4) is 0 Å². The second-order valence-corrected chi connectivity index (χ2v) is 7.09. The minimum Gasteiger partial charge on any atom is -0.346 e. The summed E-state index contributed by atoms with van der Waals surface area (Å²) in [5, 5.41) is 12.1. The second-order valence-electron chi connectivity index (χ2n) is 5.27. The second kappa shape index (κ2) is 8.40. The largest absolute Gasteiger partial charge is 0.346 e. The molecule has 4 nitrogen and oxygen atoms in total. The topological polar surface area (TPSA) is 54.9 Å². The van der Waals surface area contributed by atoms with E-state index in [0.29, 0.717) is 15.1 Å². The van der Waals surface area contributed by atoms with Crippen molar-refractivity contribution in [1.82, 2.24) is 15.5 Å². The molecule has 0 aliphatic rings. The zero-order valence-electron chi connectivity index (χ0n) is 13.2. The molecule has 3 rings (SSSR count). The van der Waals surface area contributed by atoms with Gasteiger partial charge in [0.25, 0.3) is 5.91 Å². The van der Waals surface area contributed by atoms with E-state index in [4.69, 9.17) is 23.2 Å². The summed E-state index contributed by atoms with van der Waals surface area (Å²) in [7, 11) is 0. The summed E-state index contributed by atoms with van der Waals surface area (Å²) in [5.41, 5.74) is 1.60. The molecule has 0 unspecified atom stereocenters. The van der Waals surface area contributed by atoms with E-state index in [1.165, 1.54) is 12.1 Å². The minimum absolute atomic E-state index is 0.194. The van der Waals surface area contributed by atoms with Crippen LogP contribution in [0, 0.1) is 5.82 Å².